The van der Waals surface area contributed by atoms with Crippen LogP contribution in [0, 0.1) is 22.0 Å². The average Bonchev–Trinajstić information content (AvgIpc) is 3.88. The van der Waals surface area contributed by atoms with Crippen LogP contribution in [0.1, 0.15) is 55.5 Å². The van der Waals surface area contributed by atoms with Gasteiger partial charge >= 0.3 is 5.97 Å². The van der Waals surface area contributed by atoms with Crippen LogP contribution in [0.3, 0.4) is 0 Å². The third kappa shape index (κ3) is 7.18. The highest BCUT2D eigenvalue weighted by molar-refractivity contribution is 7.95. The zero-order valence-electron chi connectivity index (χ0n) is 32.8. The number of carboxylic acids is 1. The number of Topliss-reactive ketones (excluding diaryl/α,β-unsaturated/α-hetero) is 1. The number of hydrogen-bond acceptors (Lipinski definition) is 10. The molecule has 4 aromatic carbocycles. The van der Waals surface area contributed by atoms with Crippen molar-refractivity contribution in [2.75, 3.05) is 0 Å². The number of aliphatic hydroxyl groups excluding tert-OH is 1. The van der Waals surface area contributed by atoms with Gasteiger partial charge in [-0.25, -0.2) is 9.78 Å². The third-order valence-electron chi connectivity index (χ3n) is 11.2. The Morgan fingerprint density at radius 1 is 0.885 bits per heavy atom. The van der Waals surface area contributed by atoms with Crippen molar-refractivity contribution in [3.05, 3.63) is 184 Å². The summed E-state index contributed by atoms with van der Waals surface area (Å²) in [6, 6.07) is 33.7. The molecule has 4 atom stereocenters. The fourth-order valence-corrected chi connectivity index (χ4v) is 14.2. The SMILES string of the molecule is C[C@@H](O)[C@H]1C(=O)N(C(Cc2ccc([N+](=O)[O-])cc2)=P(c2ccccc2)(c2ccccc2)c2ccccc2C(=O)O)[C@@H]1[C@@H](C)C(=O)c1cn2cnc(C(=O)c3cccnc3)c2s1. The van der Waals surface area contributed by atoms with E-state index < -0.39 is 47.7 Å². The Labute approximate surface area is 353 Å². The number of aromatic nitrogens is 3. The molecule has 61 heavy (non-hydrogen) atoms. The smallest absolute Gasteiger partial charge is 0.336 e. The highest BCUT2D eigenvalue weighted by atomic mass is 32.1. The fourth-order valence-electron chi connectivity index (χ4n) is 8.34. The van der Waals surface area contributed by atoms with Crippen molar-refractivity contribution in [3.8, 4) is 0 Å². The maximum atomic E-state index is 15.0. The molecule has 1 aliphatic heterocycles. The summed E-state index contributed by atoms with van der Waals surface area (Å²) in [4.78, 5) is 78.4. The molecule has 3 aromatic heterocycles. The lowest BCUT2D eigenvalue weighted by molar-refractivity contribution is -0.384. The minimum absolute atomic E-state index is 0.0186. The van der Waals surface area contributed by atoms with Crippen molar-refractivity contribution in [3.63, 3.8) is 0 Å². The van der Waals surface area contributed by atoms with E-state index in [-0.39, 0.29) is 34.9 Å². The number of fused-ring (bicyclic) bond motifs is 1. The number of nitro groups is 1. The molecule has 1 aliphatic rings. The summed E-state index contributed by atoms with van der Waals surface area (Å²) in [6.07, 6.45) is 4.91. The van der Waals surface area contributed by atoms with E-state index in [0.29, 0.717) is 31.6 Å². The lowest BCUT2D eigenvalue weighted by Gasteiger charge is -2.54. The number of nitro benzene ring substituents is 1. The number of carboxylic acid groups (broad SMARTS) is 1. The predicted molar refractivity (Wildman–Crippen MR) is 234 cm³/mol. The normalized spacial score (nSPS) is 16.1. The Bertz CT molecular complexity index is 2840. The van der Waals surface area contributed by atoms with Gasteiger partial charge in [0.1, 0.15) is 16.9 Å². The van der Waals surface area contributed by atoms with Crippen LogP contribution in [0.25, 0.3) is 4.83 Å². The lowest BCUT2D eigenvalue weighted by atomic mass is 9.74. The van der Waals surface area contributed by atoms with Crippen molar-refractivity contribution in [2.45, 2.75) is 32.4 Å². The van der Waals surface area contributed by atoms with E-state index in [2.05, 4.69) is 9.97 Å². The van der Waals surface area contributed by atoms with E-state index in [1.165, 1.54) is 37.6 Å². The molecule has 306 valence electrons. The van der Waals surface area contributed by atoms with Crippen LogP contribution >= 0.6 is 18.2 Å². The van der Waals surface area contributed by atoms with Crippen molar-refractivity contribution in [1.82, 2.24) is 19.3 Å². The number of carbonyl (C=O) groups excluding carboxylic acids is 3. The van der Waals surface area contributed by atoms with Gasteiger partial charge in [-0.2, -0.15) is 0 Å². The summed E-state index contributed by atoms with van der Waals surface area (Å²) in [5, 5.41) is 35.7. The maximum Gasteiger partial charge on any atom is 0.336 e. The summed E-state index contributed by atoms with van der Waals surface area (Å²) >= 11 is 1.09. The lowest BCUT2D eigenvalue weighted by Crippen LogP contribution is -2.70. The first-order valence-corrected chi connectivity index (χ1v) is 21.9. The Kier molecular flexibility index (Phi) is 11.2. The quantitative estimate of drug-likeness (QED) is 0.0431. The number of aromatic carboxylic acids is 1. The van der Waals surface area contributed by atoms with Gasteiger partial charge in [-0.1, -0.05) is 97.9 Å². The number of aliphatic hydroxyl groups is 1. The molecule has 13 nitrogen and oxygen atoms in total. The van der Waals surface area contributed by atoms with Crippen LogP contribution in [0.15, 0.2) is 146 Å². The van der Waals surface area contributed by atoms with Gasteiger partial charge in [0.15, 0.2) is 5.78 Å². The van der Waals surface area contributed by atoms with Gasteiger partial charge in [-0.05, 0) is 48.2 Å². The van der Waals surface area contributed by atoms with Gasteiger partial charge < -0.3 is 15.1 Å². The number of benzene rings is 4. The number of nitrogens with zero attached hydrogens (tertiary/aromatic N) is 5. The van der Waals surface area contributed by atoms with Crippen molar-refractivity contribution in [1.29, 1.82) is 0 Å². The highest BCUT2D eigenvalue weighted by Gasteiger charge is 2.56. The molecule has 0 radical (unpaired) electrons. The number of amides is 1. The summed E-state index contributed by atoms with van der Waals surface area (Å²) in [7, 11) is 0. The first kappa shape index (κ1) is 40.9. The van der Waals surface area contributed by atoms with Gasteiger partial charge in [0, 0.05) is 59.3 Å². The summed E-state index contributed by atoms with van der Waals surface area (Å²) in [5.41, 5.74) is 1.47. The number of imidazole rings is 1. The molecule has 7 aromatic rings. The predicted octanol–water partition coefficient (Wildman–Crippen LogP) is 6.02. The van der Waals surface area contributed by atoms with E-state index in [1.807, 2.05) is 60.7 Å². The zero-order valence-corrected chi connectivity index (χ0v) is 34.5. The van der Waals surface area contributed by atoms with E-state index in [1.54, 1.807) is 71.1 Å². The van der Waals surface area contributed by atoms with E-state index in [4.69, 9.17) is 0 Å². The van der Waals surface area contributed by atoms with Crippen LogP contribution in [-0.4, -0.2) is 75.4 Å². The molecule has 0 bridgehead atoms. The van der Waals surface area contributed by atoms with Crippen molar-refractivity contribution < 1.29 is 34.3 Å². The number of pyridine rings is 1. The number of non-ortho nitro benzene ring substituents is 1. The van der Waals surface area contributed by atoms with Gasteiger partial charge in [0.25, 0.3) is 5.69 Å². The largest absolute Gasteiger partial charge is 0.478 e. The molecule has 0 aliphatic carbocycles. The van der Waals surface area contributed by atoms with Crippen molar-refractivity contribution >= 4 is 73.5 Å². The Hall–Kier alpha value is -6.86. The maximum absolute atomic E-state index is 15.0. The summed E-state index contributed by atoms with van der Waals surface area (Å²) < 4.78 is 1.61. The Morgan fingerprint density at radius 3 is 2.11 bits per heavy atom. The van der Waals surface area contributed by atoms with Gasteiger partial charge in [-0.3, -0.25) is 33.9 Å². The van der Waals surface area contributed by atoms with E-state index in [9.17, 15) is 39.5 Å². The molecule has 4 heterocycles. The topological polar surface area (TPSA) is 185 Å². The molecule has 0 saturated carbocycles. The fraction of sp³-hybridized carbons (Fsp3) is 0.152. The second kappa shape index (κ2) is 16.7. The average molecular weight is 852 g/mol. The Morgan fingerprint density at radius 2 is 1.52 bits per heavy atom. The first-order valence-electron chi connectivity index (χ1n) is 19.3. The van der Waals surface area contributed by atoms with Crippen LogP contribution in [0.5, 0.6) is 0 Å². The highest BCUT2D eigenvalue weighted by Crippen LogP contribution is 2.52. The number of thiazole rings is 1. The second-order valence-electron chi connectivity index (χ2n) is 14.8. The Balaban J connectivity index is 1.38. The van der Waals surface area contributed by atoms with E-state index >= 15 is 0 Å². The van der Waals surface area contributed by atoms with Crippen LogP contribution in [0.2, 0.25) is 0 Å². The minimum Gasteiger partial charge on any atom is -0.478 e. The second-order valence-corrected chi connectivity index (χ2v) is 19.2. The summed E-state index contributed by atoms with van der Waals surface area (Å²) in [6.45, 7) is -0.232. The molecular weight excluding hydrogens is 814 g/mol. The van der Waals surface area contributed by atoms with E-state index in [0.717, 1.165) is 21.9 Å². The standard InChI is InChI=1S/C46H38N5O8PS/c1-28(42(53)37-26-49-27-48-40(45(49)61-37)43(54)31-12-11-23-47-25-31)41-39(29(2)52)44(55)50(41)38(24-30-19-21-32(22-20-30)51(58)59)60(33-13-5-3-6-14-33,34-15-7-4-8-16-34)36-18-10-9-17-35(36)46(56)57/h3-23,25-29,39,41,52H,24H2,1-2H3,(H,56,57)/t28-,29-,39-,41-/m1/s1. The van der Waals surface area contributed by atoms with Crippen LogP contribution < -0.4 is 15.9 Å². The number of ketones is 2. The van der Waals surface area contributed by atoms with Gasteiger partial charge in [0.2, 0.25) is 11.7 Å². The van der Waals surface area contributed by atoms with Gasteiger partial charge in [-0.15, -0.1) is 11.3 Å². The number of hydrogen-bond donors (Lipinski definition) is 2. The zero-order chi connectivity index (χ0) is 43.0. The molecule has 8 rings (SSSR count). The molecule has 2 N–H and O–H groups in total. The number of β-lactam (4-membered cyclic amide) rings is 1. The minimum atomic E-state index is -3.44. The third-order valence-corrected chi connectivity index (χ3v) is 16.7. The molecule has 0 spiro atoms. The van der Waals surface area contributed by atoms with Gasteiger partial charge in [0.05, 0.1) is 33.4 Å². The molecule has 1 amide bonds. The molecule has 1 saturated heterocycles. The summed E-state index contributed by atoms with van der Waals surface area (Å²) in [5.74, 6) is -4.28. The molecule has 0 unspecified atom stereocenters. The van der Waals surface area contributed by atoms with Crippen LogP contribution in [-0.2, 0) is 11.2 Å². The number of carbonyl (C=O) groups is 4. The number of rotatable bonds is 14. The monoisotopic (exact) mass is 851 g/mol. The van der Waals surface area contributed by atoms with Crippen molar-refractivity contribution in [2.24, 2.45) is 11.8 Å². The molecule has 1 fully saturated rings. The molecule has 15 heteroatoms. The van der Waals surface area contributed by atoms with Crippen LogP contribution in [0.4, 0.5) is 5.69 Å². The number of likely N-dealkylation sites (tertiary alicyclic amines) is 1. The molecular formula is C46H38N5O8PS. The first-order chi connectivity index (χ1) is 29.4.